The van der Waals surface area contributed by atoms with Crippen LogP contribution in [0.2, 0.25) is 0 Å². The second-order valence-electron chi connectivity index (χ2n) is 3.94. The Bertz CT molecular complexity index is 606. The van der Waals surface area contributed by atoms with Crippen LogP contribution in [-0.4, -0.2) is 6.36 Å². The lowest BCUT2D eigenvalue weighted by molar-refractivity contribution is -0.274. The van der Waals surface area contributed by atoms with E-state index in [4.69, 9.17) is 15.8 Å². The number of hydrogen-bond acceptors (Lipinski definition) is 4. The topological polar surface area (TPSA) is 80.6 Å². The lowest BCUT2D eigenvalue weighted by Crippen LogP contribution is -2.18. The van der Waals surface area contributed by atoms with E-state index in [1.807, 2.05) is 0 Å². The smallest absolute Gasteiger partial charge is 0.404 e. The predicted octanol–water partition coefficient (Wildman–Crippen LogP) is 3.22. The Balaban J connectivity index is 3.15. The molecule has 1 rings (SSSR count). The summed E-state index contributed by atoms with van der Waals surface area (Å²) in [7, 11) is 0. The molecule has 1 unspecified atom stereocenters. The molecule has 0 heterocycles. The molecule has 0 saturated carbocycles. The Morgan fingerprint density at radius 2 is 1.75 bits per heavy atom. The van der Waals surface area contributed by atoms with Gasteiger partial charge in [-0.05, 0) is 17.7 Å². The fourth-order valence-electron chi connectivity index (χ4n) is 1.58. The Kier molecular flexibility index (Phi) is 4.56. The first kappa shape index (κ1) is 15.3. The van der Waals surface area contributed by atoms with Crippen molar-refractivity contribution in [2.24, 2.45) is 5.92 Å². The zero-order valence-electron chi connectivity index (χ0n) is 10.3. The molecule has 0 aliphatic rings. The van der Waals surface area contributed by atoms with E-state index in [1.165, 1.54) is 12.1 Å². The molecule has 1 aromatic carbocycles. The monoisotopic (exact) mass is 279 g/mol. The highest BCUT2D eigenvalue weighted by Crippen LogP contribution is 2.31. The Hall–Kier alpha value is -2.72. The van der Waals surface area contributed by atoms with E-state index in [0.717, 1.165) is 6.07 Å². The first-order valence-electron chi connectivity index (χ1n) is 5.41. The second-order valence-corrected chi connectivity index (χ2v) is 3.94. The van der Waals surface area contributed by atoms with Crippen LogP contribution in [0.25, 0.3) is 0 Å². The van der Waals surface area contributed by atoms with Crippen molar-refractivity contribution in [2.45, 2.75) is 19.2 Å². The van der Waals surface area contributed by atoms with Crippen LogP contribution in [0.5, 0.6) is 5.75 Å². The summed E-state index contributed by atoms with van der Waals surface area (Å²) in [5.41, 5.74) is 0.116. The molecule has 1 atom stereocenters. The van der Waals surface area contributed by atoms with Gasteiger partial charge in [-0.15, -0.1) is 13.2 Å². The molecule has 0 aliphatic heterocycles. The Labute approximate surface area is 113 Å². The standard InChI is InChI=1S/C13H8F3N3O/c1-8(11(6-18)7-19)9-2-3-12(10(4-9)5-17)20-13(14,15)16/h2-4,8,11H,1H3. The van der Waals surface area contributed by atoms with Crippen LogP contribution in [0.15, 0.2) is 18.2 Å². The molecule has 0 N–H and O–H groups in total. The van der Waals surface area contributed by atoms with E-state index in [9.17, 15) is 13.2 Å². The third-order valence-electron chi connectivity index (χ3n) is 2.65. The van der Waals surface area contributed by atoms with Gasteiger partial charge < -0.3 is 4.74 Å². The zero-order chi connectivity index (χ0) is 15.3. The van der Waals surface area contributed by atoms with Crippen LogP contribution >= 0.6 is 0 Å². The van der Waals surface area contributed by atoms with Crippen LogP contribution in [-0.2, 0) is 0 Å². The molecule has 20 heavy (non-hydrogen) atoms. The van der Waals surface area contributed by atoms with Gasteiger partial charge in [0.1, 0.15) is 17.7 Å². The molecular formula is C13H8F3N3O. The Morgan fingerprint density at radius 3 is 2.20 bits per heavy atom. The minimum absolute atomic E-state index is 0.304. The molecule has 0 amide bonds. The normalized spacial score (nSPS) is 12.1. The molecule has 0 spiro atoms. The molecule has 0 radical (unpaired) electrons. The third kappa shape index (κ3) is 3.63. The van der Waals surface area contributed by atoms with Gasteiger partial charge in [0.25, 0.3) is 0 Å². The van der Waals surface area contributed by atoms with Gasteiger partial charge in [-0.25, -0.2) is 0 Å². The summed E-state index contributed by atoms with van der Waals surface area (Å²) in [5.74, 6) is -2.09. The lowest BCUT2D eigenvalue weighted by atomic mass is 9.88. The van der Waals surface area contributed by atoms with E-state index < -0.39 is 23.9 Å². The van der Waals surface area contributed by atoms with Crippen molar-refractivity contribution in [3.05, 3.63) is 29.3 Å². The maximum Gasteiger partial charge on any atom is 0.573 e. The molecule has 4 nitrogen and oxygen atoms in total. The van der Waals surface area contributed by atoms with E-state index in [0.29, 0.717) is 5.56 Å². The molecule has 1 aromatic rings. The predicted molar refractivity (Wildman–Crippen MR) is 61.0 cm³/mol. The molecule has 0 fully saturated rings. The number of alkyl halides is 3. The largest absolute Gasteiger partial charge is 0.573 e. The van der Waals surface area contributed by atoms with Gasteiger partial charge in [0.2, 0.25) is 0 Å². The highest BCUT2D eigenvalue weighted by Gasteiger charge is 2.32. The summed E-state index contributed by atoms with van der Waals surface area (Å²) in [6, 6.07) is 8.66. The van der Waals surface area contributed by atoms with Crippen LogP contribution < -0.4 is 4.74 Å². The van der Waals surface area contributed by atoms with Gasteiger partial charge in [-0.3, -0.25) is 0 Å². The number of hydrogen-bond donors (Lipinski definition) is 0. The number of nitriles is 3. The van der Waals surface area contributed by atoms with Crippen molar-refractivity contribution in [1.29, 1.82) is 15.8 Å². The summed E-state index contributed by atoms with van der Waals surface area (Å²) in [6.45, 7) is 1.58. The highest BCUT2D eigenvalue weighted by molar-refractivity contribution is 5.46. The van der Waals surface area contributed by atoms with E-state index in [-0.39, 0.29) is 5.56 Å². The van der Waals surface area contributed by atoms with E-state index in [2.05, 4.69) is 4.74 Å². The van der Waals surface area contributed by atoms with E-state index >= 15 is 0 Å². The molecule has 7 heteroatoms. The van der Waals surface area contributed by atoms with Crippen LogP contribution in [0, 0.1) is 39.9 Å². The second kappa shape index (κ2) is 5.95. The minimum atomic E-state index is -4.89. The van der Waals surface area contributed by atoms with Crippen molar-refractivity contribution in [2.75, 3.05) is 0 Å². The molecule has 0 aliphatic carbocycles. The average Bonchev–Trinajstić information content (AvgIpc) is 2.38. The summed E-state index contributed by atoms with van der Waals surface area (Å²) in [4.78, 5) is 0. The number of ether oxygens (including phenoxy) is 1. The number of halogens is 3. The summed E-state index contributed by atoms with van der Waals surface area (Å²) in [6.07, 6.45) is -4.89. The average molecular weight is 279 g/mol. The van der Waals surface area contributed by atoms with Gasteiger partial charge in [-0.2, -0.15) is 15.8 Å². The SMILES string of the molecule is CC(c1ccc(OC(F)(F)F)c(C#N)c1)C(C#N)C#N. The molecule has 102 valence electrons. The summed E-state index contributed by atoms with van der Waals surface area (Å²) in [5, 5.41) is 26.4. The van der Waals surface area contributed by atoms with Crippen molar-refractivity contribution < 1.29 is 17.9 Å². The first-order valence-corrected chi connectivity index (χ1v) is 5.41. The maximum atomic E-state index is 12.1. The Morgan fingerprint density at radius 1 is 1.15 bits per heavy atom. The highest BCUT2D eigenvalue weighted by atomic mass is 19.4. The van der Waals surface area contributed by atoms with Gasteiger partial charge in [0.05, 0.1) is 17.7 Å². The molecule has 0 bridgehead atoms. The summed E-state index contributed by atoms with van der Waals surface area (Å²) < 4.78 is 40.1. The molecule has 0 saturated heterocycles. The van der Waals surface area contributed by atoms with Gasteiger partial charge in [0, 0.05) is 5.92 Å². The van der Waals surface area contributed by atoms with Crippen molar-refractivity contribution in [3.63, 3.8) is 0 Å². The first-order chi connectivity index (χ1) is 9.32. The van der Waals surface area contributed by atoms with Gasteiger partial charge >= 0.3 is 6.36 Å². The fraction of sp³-hybridized carbons (Fsp3) is 0.308. The third-order valence-corrected chi connectivity index (χ3v) is 2.65. The van der Waals surface area contributed by atoms with Crippen LogP contribution in [0.1, 0.15) is 24.0 Å². The maximum absolute atomic E-state index is 12.1. The van der Waals surface area contributed by atoms with Gasteiger partial charge in [0.15, 0.2) is 0 Å². The number of nitrogens with zero attached hydrogens (tertiary/aromatic N) is 3. The van der Waals surface area contributed by atoms with Crippen LogP contribution in [0.4, 0.5) is 13.2 Å². The zero-order valence-corrected chi connectivity index (χ0v) is 10.3. The number of rotatable bonds is 3. The minimum Gasteiger partial charge on any atom is -0.404 e. The van der Waals surface area contributed by atoms with Crippen molar-refractivity contribution >= 4 is 0 Å². The lowest BCUT2D eigenvalue weighted by Gasteiger charge is -2.15. The van der Waals surface area contributed by atoms with Crippen LogP contribution in [0.3, 0.4) is 0 Å². The molecule has 0 aromatic heterocycles. The number of benzene rings is 1. The quantitative estimate of drug-likeness (QED) is 0.850. The van der Waals surface area contributed by atoms with Crippen molar-refractivity contribution in [3.8, 4) is 24.0 Å². The van der Waals surface area contributed by atoms with Crippen molar-refractivity contribution in [1.82, 2.24) is 0 Å². The molecular weight excluding hydrogens is 271 g/mol. The van der Waals surface area contributed by atoms with Gasteiger partial charge in [-0.1, -0.05) is 13.0 Å². The van der Waals surface area contributed by atoms with E-state index in [1.54, 1.807) is 25.1 Å². The fourth-order valence-corrected chi connectivity index (χ4v) is 1.58. The summed E-state index contributed by atoms with van der Waals surface area (Å²) >= 11 is 0.